The van der Waals surface area contributed by atoms with Crippen LogP contribution >= 0.6 is 0 Å². The molecule has 2 bridgehead atoms. The van der Waals surface area contributed by atoms with E-state index >= 15 is 0 Å². The van der Waals surface area contributed by atoms with E-state index in [1.54, 1.807) is 0 Å². The molecule has 0 unspecified atom stereocenters. The number of carbonyl (C=O) groups excluding carboxylic acids is 2. The van der Waals surface area contributed by atoms with Crippen molar-refractivity contribution in [2.24, 2.45) is 45.2 Å². The number of hydrazine groups is 1. The molecule has 1 saturated heterocycles. The Labute approximate surface area is 239 Å². The average Bonchev–Trinajstić information content (AvgIpc) is 3.15. The highest BCUT2D eigenvalue weighted by molar-refractivity contribution is 6.47. The van der Waals surface area contributed by atoms with Gasteiger partial charge in [-0.1, -0.05) is 53.9 Å². The Hall–Kier alpha value is -2.21. The van der Waals surface area contributed by atoms with E-state index in [0.29, 0.717) is 43.4 Å². The second kappa shape index (κ2) is 12.3. The van der Waals surface area contributed by atoms with E-state index in [-0.39, 0.29) is 59.1 Å². The summed E-state index contributed by atoms with van der Waals surface area (Å²) in [4.78, 5) is 41.1. The van der Waals surface area contributed by atoms with Crippen molar-refractivity contribution in [1.82, 2.24) is 10.7 Å². The largest absolute Gasteiger partial charge is 0.481 e. The highest BCUT2D eigenvalue weighted by Crippen LogP contribution is 2.65. The number of Topliss-reactive ketones (excluding diaryl/α,β-unsaturated/α-hetero) is 1. The van der Waals surface area contributed by atoms with E-state index < -0.39 is 18.1 Å². The third kappa shape index (κ3) is 7.75. The number of nitrogens with zero attached hydrogens (tertiary/aromatic N) is 2. The first-order valence-corrected chi connectivity index (χ1v) is 14.8. The maximum atomic E-state index is 13.7. The minimum atomic E-state index is -0.775. The van der Waals surface area contributed by atoms with E-state index in [2.05, 4.69) is 44.9 Å². The Bertz CT molecular complexity index is 983. The lowest BCUT2D eigenvalue weighted by atomic mass is 9.43. The summed E-state index contributed by atoms with van der Waals surface area (Å²) < 4.78 is 13.2. The van der Waals surface area contributed by atoms with Crippen LogP contribution in [0.25, 0.3) is 0 Å². The van der Waals surface area contributed by atoms with Crippen LogP contribution in [-0.2, 0) is 18.9 Å². The molecule has 40 heavy (non-hydrogen) atoms. The first kappa shape index (κ1) is 32.3. The average molecular weight is 564 g/mol. The number of carbonyl (C=O) groups is 2. The minimum absolute atomic E-state index is 0.0149. The van der Waals surface area contributed by atoms with Crippen LogP contribution in [0.2, 0.25) is 0 Å². The van der Waals surface area contributed by atoms with Gasteiger partial charge in [-0.2, -0.15) is 0 Å². The number of ketones is 1. The van der Waals surface area contributed by atoms with Gasteiger partial charge < -0.3 is 20.4 Å². The molecule has 4 rings (SSSR count). The SMILES string of the molecule is CC(C)C[C@H](NC(=O)[C@H](CCCN=C(N)N[N+](=O)[O-])CC(=O)CC(C)(C)C)B1O[C@@H]2C[C@@H]3C[C@@H](C3(C)C)[C@]2(C)O1. The van der Waals surface area contributed by atoms with Crippen LogP contribution in [0.1, 0.15) is 100 Å². The van der Waals surface area contributed by atoms with Gasteiger partial charge in [0.25, 0.3) is 5.96 Å². The molecule has 12 heteroatoms. The van der Waals surface area contributed by atoms with Crippen LogP contribution in [0.15, 0.2) is 4.99 Å². The van der Waals surface area contributed by atoms with Crippen molar-refractivity contribution in [3.8, 4) is 0 Å². The molecule has 4 fully saturated rings. The molecule has 3 saturated carbocycles. The normalized spacial score (nSPS) is 28.9. The number of guanidine groups is 1. The fraction of sp³-hybridized carbons (Fsp3) is 0.893. The molecular weight excluding hydrogens is 513 g/mol. The summed E-state index contributed by atoms with van der Waals surface area (Å²) in [6.07, 6.45) is 4.16. The van der Waals surface area contributed by atoms with Gasteiger partial charge in [0.05, 0.1) is 17.6 Å². The Morgan fingerprint density at radius 2 is 1.90 bits per heavy atom. The van der Waals surface area contributed by atoms with Crippen molar-refractivity contribution < 1.29 is 23.9 Å². The zero-order valence-corrected chi connectivity index (χ0v) is 25.6. The molecule has 0 spiro atoms. The van der Waals surface area contributed by atoms with E-state index in [4.69, 9.17) is 15.0 Å². The molecule has 0 aromatic heterocycles. The Morgan fingerprint density at radius 1 is 1.23 bits per heavy atom. The highest BCUT2D eigenvalue weighted by Gasteiger charge is 2.68. The second-order valence-corrected chi connectivity index (χ2v) is 14.5. The third-order valence-corrected chi connectivity index (χ3v) is 9.12. The van der Waals surface area contributed by atoms with Crippen LogP contribution in [-0.4, -0.2) is 54.0 Å². The molecule has 0 aromatic rings. The van der Waals surface area contributed by atoms with Crippen molar-refractivity contribution >= 4 is 24.8 Å². The first-order valence-electron chi connectivity index (χ1n) is 14.8. The Kier molecular flexibility index (Phi) is 9.97. The summed E-state index contributed by atoms with van der Waals surface area (Å²) >= 11 is 0. The number of rotatable bonds is 13. The predicted octanol–water partition coefficient (Wildman–Crippen LogP) is 3.67. The quantitative estimate of drug-likeness (QED) is 0.0765. The lowest BCUT2D eigenvalue weighted by Crippen LogP contribution is -2.65. The van der Waals surface area contributed by atoms with Gasteiger partial charge in [0.1, 0.15) is 5.78 Å². The van der Waals surface area contributed by atoms with Crippen molar-refractivity contribution in [3.63, 3.8) is 0 Å². The summed E-state index contributed by atoms with van der Waals surface area (Å²) in [5, 5.41) is 13.0. The number of aliphatic imine (C=N–C) groups is 1. The standard InChI is InChI=1S/C28H50BN5O6/c1-17(2)12-23(29-39-22-15-19-14-21(27(19,6)7)28(22,8)40-29)32-24(36)18(13-20(35)16-26(3,4)5)10-9-11-31-25(30)33-34(37)38/h17-19,21-23H,9-16H2,1-8H3,(H,32,36)(H3,30,31,33)/t18-,19+,21+,22-,23+,28+/m1/s1. The third-order valence-electron chi connectivity index (χ3n) is 9.12. The topological polar surface area (TPSA) is 158 Å². The lowest BCUT2D eigenvalue weighted by molar-refractivity contribution is -0.525. The lowest BCUT2D eigenvalue weighted by Gasteiger charge is -2.64. The number of nitro groups is 1. The van der Waals surface area contributed by atoms with Gasteiger partial charge in [0.15, 0.2) is 5.03 Å². The molecule has 4 N–H and O–H groups in total. The van der Waals surface area contributed by atoms with Gasteiger partial charge in [0.2, 0.25) is 5.91 Å². The molecule has 0 radical (unpaired) electrons. The number of nitrogens with two attached hydrogens (primary N) is 1. The predicted molar refractivity (Wildman–Crippen MR) is 155 cm³/mol. The fourth-order valence-electron chi connectivity index (χ4n) is 7.05. The van der Waals surface area contributed by atoms with Gasteiger partial charge in [-0.3, -0.25) is 9.59 Å². The molecule has 4 aliphatic rings. The first-order chi connectivity index (χ1) is 18.4. The number of hydrogen-bond acceptors (Lipinski definition) is 7. The summed E-state index contributed by atoms with van der Waals surface area (Å²) in [5.41, 5.74) is 6.98. The summed E-state index contributed by atoms with van der Waals surface area (Å²) in [6.45, 7) is 17.2. The van der Waals surface area contributed by atoms with Crippen molar-refractivity contribution in [3.05, 3.63) is 10.1 Å². The van der Waals surface area contributed by atoms with Crippen molar-refractivity contribution in [2.45, 2.75) is 118 Å². The van der Waals surface area contributed by atoms with E-state index in [0.717, 1.165) is 12.8 Å². The van der Waals surface area contributed by atoms with Gasteiger partial charge in [0, 0.05) is 25.3 Å². The van der Waals surface area contributed by atoms with Gasteiger partial charge >= 0.3 is 7.12 Å². The summed E-state index contributed by atoms with van der Waals surface area (Å²) in [6, 6.07) is 0. The van der Waals surface area contributed by atoms with Crippen LogP contribution in [0.5, 0.6) is 0 Å². The highest BCUT2D eigenvalue weighted by atomic mass is 16.7. The van der Waals surface area contributed by atoms with E-state index in [9.17, 15) is 19.7 Å². The molecule has 1 amide bonds. The van der Waals surface area contributed by atoms with Crippen LogP contribution in [0, 0.1) is 44.6 Å². The van der Waals surface area contributed by atoms with E-state index in [1.165, 1.54) is 0 Å². The van der Waals surface area contributed by atoms with Crippen LogP contribution < -0.4 is 16.5 Å². The summed E-state index contributed by atoms with van der Waals surface area (Å²) in [7, 11) is -0.542. The maximum absolute atomic E-state index is 13.7. The number of amides is 1. The number of nitrogens with one attached hydrogen (secondary N) is 2. The maximum Gasteiger partial charge on any atom is 0.481 e. The zero-order chi connectivity index (χ0) is 30.0. The van der Waals surface area contributed by atoms with Crippen molar-refractivity contribution in [2.75, 3.05) is 6.54 Å². The summed E-state index contributed by atoms with van der Waals surface area (Å²) in [5.74, 6) is -0.0194. The van der Waals surface area contributed by atoms with Gasteiger partial charge in [-0.05, 0) is 67.6 Å². The molecular formula is C28H50BN5O6. The molecule has 226 valence electrons. The smallest absolute Gasteiger partial charge is 0.404 e. The Morgan fingerprint density at radius 3 is 2.48 bits per heavy atom. The minimum Gasteiger partial charge on any atom is -0.404 e. The van der Waals surface area contributed by atoms with E-state index in [1.807, 2.05) is 26.2 Å². The Balaban J connectivity index is 1.70. The molecule has 1 heterocycles. The zero-order valence-electron chi connectivity index (χ0n) is 25.6. The molecule has 3 aliphatic carbocycles. The van der Waals surface area contributed by atoms with Crippen LogP contribution in [0.3, 0.4) is 0 Å². The molecule has 1 aliphatic heterocycles. The number of hydrogen-bond donors (Lipinski definition) is 3. The fourth-order valence-corrected chi connectivity index (χ4v) is 7.05. The van der Waals surface area contributed by atoms with Crippen molar-refractivity contribution in [1.29, 1.82) is 0 Å². The monoisotopic (exact) mass is 563 g/mol. The van der Waals surface area contributed by atoms with Gasteiger partial charge in [-0.15, -0.1) is 0 Å². The second-order valence-electron chi connectivity index (χ2n) is 14.5. The molecule has 6 atom stereocenters. The molecule has 11 nitrogen and oxygen atoms in total. The van der Waals surface area contributed by atoms with Gasteiger partial charge in [-0.25, -0.2) is 15.1 Å². The van der Waals surface area contributed by atoms with Crippen LogP contribution in [0.4, 0.5) is 0 Å². The molecule has 0 aromatic carbocycles.